The lowest BCUT2D eigenvalue weighted by Crippen LogP contribution is -2.47. The largest absolute Gasteiger partial charge is 0.444 e. The molecule has 1 heterocycles. The first-order chi connectivity index (χ1) is 10.3. The van der Waals surface area contributed by atoms with Crippen molar-refractivity contribution in [3.63, 3.8) is 0 Å². The highest BCUT2D eigenvalue weighted by Crippen LogP contribution is 2.30. The summed E-state index contributed by atoms with van der Waals surface area (Å²) in [5, 5.41) is 8.74. The summed E-state index contributed by atoms with van der Waals surface area (Å²) in [6, 6.07) is 10.9. The van der Waals surface area contributed by atoms with E-state index in [1.807, 2.05) is 41.3 Å². The van der Waals surface area contributed by atoms with E-state index in [1.165, 1.54) is 0 Å². The van der Waals surface area contributed by atoms with Gasteiger partial charge in [-0.25, -0.2) is 0 Å². The second kappa shape index (κ2) is 7.55. The smallest absolute Gasteiger partial charge is 0.294 e. The maximum absolute atomic E-state index is 12.1. The molecule has 5 nitrogen and oxygen atoms in total. The molecule has 0 aromatic heterocycles. The van der Waals surface area contributed by atoms with Crippen molar-refractivity contribution in [2.75, 3.05) is 6.54 Å². The van der Waals surface area contributed by atoms with Crippen molar-refractivity contribution in [3.05, 3.63) is 35.9 Å². The maximum Gasteiger partial charge on any atom is 0.294 e. The van der Waals surface area contributed by atoms with Crippen molar-refractivity contribution in [1.29, 1.82) is 5.26 Å². The summed E-state index contributed by atoms with van der Waals surface area (Å²) < 4.78 is 5.24. The van der Waals surface area contributed by atoms with E-state index < -0.39 is 6.23 Å². The molecule has 1 aliphatic heterocycles. The van der Waals surface area contributed by atoms with Gasteiger partial charge in [0.05, 0.1) is 18.5 Å². The van der Waals surface area contributed by atoms with Crippen molar-refractivity contribution in [3.8, 4) is 6.07 Å². The molecule has 110 valence electrons. The number of benzene rings is 1. The number of rotatable bonds is 6. The Balaban J connectivity index is 2.26. The molecule has 1 saturated heterocycles. The lowest BCUT2D eigenvalue weighted by atomic mass is 9.95. The van der Waals surface area contributed by atoms with Gasteiger partial charge in [0, 0.05) is 12.1 Å². The number of hydrogen-bond donors (Lipinski definition) is 0. The van der Waals surface area contributed by atoms with Crippen molar-refractivity contribution >= 4 is 12.3 Å². The van der Waals surface area contributed by atoms with Gasteiger partial charge in [0.1, 0.15) is 0 Å². The van der Waals surface area contributed by atoms with Crippen molar-refractivity contribution in [2.45, 2.75) is 38.0 Å². The van der Waals surface area contributed by atoms with Gasteiger partial charge in [-0.15, -0.1) is 0 Å². The fourth-order valence-corrected chi connectivity index (χ4v) is 2.79. The van der Waals surface area contributed by atoms with Gasteiger partial charge in [0.15, 0.2) is 12.0 Å². The molecule has 0 aliphatic carbocycles. The van der Waals surface area contributed by atoms with E-state index in [0.717, 1.165) is 18.4 Å². The quantitative estimate of drug-likeness (QED) is 0.750. The molecule has 0 bridgehead atoms. The lowest BCUT2D eigenvalue weighted by Gasteiger charge is -2.38. The number of piperidine rings is 1. The summed E-state index contributed by atoms with van der Waals surface area (Å²) in [5.74, 6) is -0.104. The van der Waals surface area contributed by atoms with Gasteiger partial charge in [-0.05, 0) is 12.8 Å². The lowest BCUT2D eigenvalue weighted by molar-refractivity contribution is -0.153. The zero-order chi connectivity index (χ0) is 15.1. The Morgan fingerprint density at radius 3 is 2.86 bits per heavy atom. The van der Waals surface area contributed by atoms with Crippen molar-refractivity contribution < 1.29 is 14.3 Å². The van der Waals surface area contributed by atoms with Gasteiger partial charge in [-0.1, -0.05) is 36.8 Å². The zero-order valence-corrected chi connectivity index (χ0v) is 11.8. The van der Waals surface area contributed by atoms with Gasteiger partial charge in [-0.3, -0.25) is 14.5 Å². The normalized spacial score (nSPS) is 20.2. The first kappa shape index (κ1) is 15.2. The van der Waals surface area contributed by atoms with E-state index in [-0.39, 0.29) is 18.2 Å². The first-order valence-electron chi connectivity index (χ1n) is 7.07. The summed E-state index contributed by atoms with van der Waals surface area (Å²) in [5.41, 5.74) is 0.834. The van der Waals surface area contributed by atoms with Crippen LogP contribution in [0.2, 0.25) is 0 Å². The van der Waals surface area contributed by atoms with Gasteiger partial charge in [-0.2, -0.15) is 5.26 Å². The average Bonchev–Trinajstić information content (AvgIpc) is 2.54. The molecule has 1 fully saturated rings. The molecule has 2 atom stereocenters. The van der Waals surface area contributed by atoms with E-state index >= 15 is 0 Å². The third kappa shape index (κ3) is 3.67. The number of ketones is 1. The summed E-state index contributed by atoms with van der Waals surface area (Å²) in [6.45, 7) is 1.09. The number of ether oxygens (including phenoxy) is 1. The molecular formula is C16H18N2O3. The minimum absolute atomic E-state index is 0.104. The molecule has 0 amide bonds. The minimum Gasteiger partial charge on any atom is -0.444 e. The van der Waals surface area contributed by atoms with Crippen LogP contribution in [-0.4, -0.2) is 29.7 Å². The fourth-order valence-electron chi connectivity index (χ4n) is 2.79. The first-order valence-corrected chi connectivity index (χ1v) is 7.07. The molecule has 0 radical (unpaired) electrons. The number of nitrogens with zero attached hydrogens (tertiary/aromatic N) is 2. The van der Waals surface area contributed by atoms with Crippen LogP contribution in [0, 0.1) is 11.3 Å². The van der Waals surface area contributed by atoms with Gasteiger partial charge in [0.2, 0.25) is 0 Å². The number of hydrogen-bond acceptors (Lipinski definition) is 5. The Hall–Kier alpha value is -2.19. The molecule has 1 aliphatic rings. The zero-order valence-electron chi connectivity index (χ0n) is 11.8. The second-order valence-electron chi connectivity index (χ2n) is 5.05. The Morgan fingerprint density at radius 2 is 2.19 bits per heavy atom. The van der Waals surface area contributed by atoms with Crippen LogP contribution in [0.1, 0.15) is 37.5 Å². The Bertz CT molecular complexity index is 524. The predicted molar refractivity (Wildman–Crippen MR) is 75.9 cm³/mol. The topological polar surface area (TPSA) is 70.4 Å². The molecule has 0 saturated carbocycles. The third-order valence-electron chi connectivity index (χ3n) is 3.74. The highest BCUT2D eigenvalue weighted by molar-refractivity contribution is 5.85. The predicted octanol–water partition coefficient (Wildman–Crippen LogP) is 2.20. The fraction of sp³-hybridized carbons (Fsp3) is 0.438. The molecule has 21 heavy (non-hydrogen) atoms. The number of likely N-dealkylation sites (tertiary alicyclic amines) is 1. The Kier molecular flexibility index (Phi) is 5.47. The molecule has 5 heteroatoms. The van der Waals surface area contributed by atoms with Crippen LogP contribution >= 0.6 is 0 Å². The van der Waals surface area contributed by atoms with Gasteiger partial charge >= 0.3 is 0 Å². The summed E-state index contributed by atoms with van der Waals surface area (Å²) in [7, 11) is 0. The van der Waals surface area contributed by atoms with E-state index in [9.17, 15) is 9.59 Å². The number of nitriles is 1. The second-order valence-corrected chi connectivity index (χ2v) is 5.05. The van der Waals surface area contributed by atoms with Crippen LogP contribution in [0.4, 0.5) is 0 Å². The highest BCUT2D eigenvalue weighted by Gasteiger charge is 2.34. The monoisotopic (exact) mass is 286 g/mol. The Morgan fingerprint density at radius 1 is 1.43 bits per heavy atom. The highest BCUT2D eigenvalue weighted by atomic mass is 16.5. The van der Waals surface area contributed by atoms with Crippen LogP contribution in [0.5, 0.6) is 0 Å². The van der Waals surface area contributed by atoms with E-state index in [2.05, 4.69) is 0 Å². The van der Waals surface area contributed by atoms with E-state index in [0.29, 0.717) is 19.4 Å². The summed E-state index contributed by atoms with van der Waals surface area (Å²) >= 11 is 0. The standard InChI is InChI=1S/C16H18N2O3/c17-10-9-15(20)14-8-4-5-11-18(14)16(21-12-19)13-6-2-1-3-7-13/h1-3,6-7,12,14,16H,4-5,8-9,11H2. The minimum atomic E-state index is -0.573. The summed E-state index contributed by atoms with van der Waals surface area (Å²) in [4.78, 5) is 24.9. The van der Waals surface area contributed by atoms with Gasteiger partial charge in [0.25, 0.3) is 6.47 Å². The van der Waals surface area contributed by atoms with E-state index in [4.69, 9.17) is 10.00 Å². The van der Waals surface area contributed by atoms with Crippen molar-refractivity contribution in [1.82, 2.24) is 4.90 Å². The van der Waals surface area contributed by atoms with Crippen LogP contribution in [0.25, 0.3) is 0 Å². The molecular weight excluding hydrogens is 268 g/mol. The van der Waals surface area contributed by atoms with E-state index in [1.54, 1.807) is 0 Å². The van der Waals surface area contributed by atoms with Gasteiger partial charge < -0.3 is 4.74 Å². The van der Waals surface area contributed by atoms with Crippen LogP contribution in [0.3, 0.4) is 0 Å². The molecule has 0 spiro atoms. The molecule has 2 rings (SSSR count). The summed E-state index contributed by atoms with van der Waals surface area (Å²) in [6.07, 6.45) is 1.91. The number of Topliss-reactive ketones (excluding diaryl/α,β-unsaturated/α-hetero) is 1. The van der Waals surface area contributed by atoms with Crippen LogP contribution < -0.4 is 0 Å². The molecule has 1 aromatic rings. The number of carbonyl (C=O) groups is 2. The average molecular weight is 286 g/mol. The molecule has 0 N–H and O–H groups in total. The molecule has 1 aromatic carbocycles. The van der Waals surface area contributed by atoms with Crippen LogP contribution in [-0.2, 0) is 14.3 Å². The van der Waals surface area contributed by atoms with Crippen LogP contribution in [0.15, 0.2) is 30.3 Å². The third-order valence-corrected chi connectivity index (χ3v) is 3.74. The SMILES string of the molecule is N#CCC(=O)C1CCCCN1C(OC=O)c1ccccc1. The number of carbonyl (C=O) groups excluding carboxylic acids is 2. The van der Waals surface area contributed by atoms with Crippen molar-refractivity contribution in [2.24, 2.45) is 0 Å². The maximum atomic E-state index is 12.1. The molecule has 2 unspecified atom stereocenters. The Labute approximate surface area is 124 Å².